The van der Waals surface area contributed by atoms with Gasteiger partial charge in [-0.3, -0.25) is 4.79 Å². The van der Waals surface area contributed by atoms with Gasteiger partial charge in [-0.05, 0) is 79.1 Å². The second kappa shape index (κ2) is 10.5. The summed E-state index contributed by atoms with van der Waals surface area (Å²) in [5.41, 5.74) is 10.3. The molecule has 0 saturated carbocycles. The number of para-hydroxylation sites is 3. The average Bonchev–Trinajstić information content (AvgIpc) is 2.98. The van der Waals surface area contributed by atoms with Crippen molar-refractivity contribution in [1.29, 1.82) is 0 Å². The number of ketones is 1. The molecule has 3 nitrogen and oxygen atoms in total. The summed E-state index contributed by atoms with van der Waals surface area (Å²) >= 11 is 0. The van der Waals surface area contributed by atoms with E-state index in [9.17, 15) is 4.79 Å². The van der Waals surface area contributed by atoms with Crippen LogP contribution >= 0.6 is 0 Å². The second-order valence-electron chi connectivity index (χ2n) is 9.92. The van der Waals surface area contributed by atoms with Gasteiger partial charge < -0.3 is 9.80 Å². The third-order valence-electron chi connectivity index (χ3n) is 7.23. The molecule has 0 fully saturated rings. The summed E-state index contributed by atoms with van der Waals surface area (Å²) in [6.07, 6.45) is 0. The van der Waals surface area contributed by atoms with Gasteiger partial charge in [0.2, 0.25) is 0 Å². The van der Waals surface area contributed by atoms with E-state index >= 15 is 0 Å². The molecule has 0 unspecified atom stereocenters. The van der Waals surface area contributed by atoms with Gasteiger partial charge >= 0.3 is 0 Å². The van der Waals surface area contributed by atoms with Crippen LogP contribution in [0.5, 0.6) is 0 Å². The number of carbonyl (C=O) groups is 1. The summed E-state index contributed by atoms with van der Waals surface area (Å²) in [5.74, 6) is 0.0585. The largest absolute Gasteiger partial charge is 0.336 e. The van der Waals surface area contributed by atoms with Crippen LogP contribution in [0.25, 0.3) is 11.3 Å². The molecule has 0 amide bonds. The van der Waals surface area contributed by atoms with Gasteiger partial charge in [0.05, 0.1) is 5.70 Å². The lowest BCUT2D eigenvalue weighted by molar-refractivity contribution is -0.111. The molecule has 0 saturated heterocycles. The van der Waals surface area contributed by atoms with Crippen LogP contribution in [-0.4, -0.2) is 5.78 Å². The molecule has 0 spiro atoms. The predicted octanol–water partition coefficient (Wildman–Crippen LogP) is 8.94. The first-order valence-corrected chi connectivity index (χ1v) is 13.3. The maximum Gasteiger partial charge on any atom is 0.162 e. The van der Waals surface area contributed by atoms with E-state index in [4.69, 9.17) is 0 Å². The Morgan fingerprint density at radius 2 is 1.23 bits per heavy atom. The Morgan fingerprint density at radius 3 is 1.79 bits per heavy atom. The van der Waals surface area contributed by atoms with Crippen molar-refractivity contribution in [3.63, 3.8) is 0 Å². The van der Waals surface area contributed by atoms with Crippen LogP contribution in [0.1, 0.15) is 29.2 Å². The van der Waals surface area contributed by atoms with Crippen molar-refractivity contribution >= 4 is 39.8 Å². The van der Waals surface area contributed by atoms with Crippen molar-refractivity contribution in [2.75, 3.05) is 9.80 Å². The van der Waals surface area contributed by atoms with Crippen LogP contribution in [0.3, 0.4) is 0 Å². The molecule has 5 aromatic rings. The summed E-state index contributed by atoms with van der Waals surface area (Å²) < 4.78 is 0. The predicted molar refractivity (Wildman–Crippen MR) is 162 cm³/mol. The van der Waals surface area contributed by atoms with E-state index in [0.717, 1.165) is 50.7 Å². The van der Waals surface area contributed by atoms with Crippen LogP contribution in [0.2, 0.25) is 0 Å². The lowest BCUT2D eigenvalue weighted by Gasteiger charge is -2.36. The summed E-state index contributed by atoms with van der Waals surface area (Å²) in [6.45, 7) is 4.42. The van der Waals surface area contributed by atoms with Gasteiger partial charge in [0.15, 0.2) is 5.78 Å². The summed E-state index contributed by atoms with van der Waals surface area (Å²) in [6, 6.07) is 46.1. The molecule has 0 N–H and O–H groups in total. The Bertz CT molecular complexity index is 1600. The maximum absolute atomic E-state index is 13.4. The Kier molecular flexibility index (Phi) is 6.56. The Hall–Kier alpha value is -4.89. The number of allylic oxidation sites excluding steroid dienone is 1. The molecule has 0 aromatic heterocycles. The van der Waals surface area contributed by atoms with Gasteiger partial charge in [0, 0.05) is 34.9 Å². The quantitative estimate of drug-likeness (QED) is 0.230. The zero-order chi connectivity index (χ0) is 26.8. The van der Waals surface area contributed by atoms with Crippen molar-refractivity contribution in [1.82, 2.24) is 0 Å². The van der Waals surface area contributed by atoms with Gasteiger partial charge in [0.1, 0.15) is 0 Å². The van der Waals surface area contributed by atoms with E-state index in [0.29, 0.717) is 6.54 Å². The van der Waals surface area contributed by atoms with Gasteiger partial charge in [0.25, 0.3) is 0 Å². The fourth-order valence-corrected chi connectivity index (χ4v) is 5.40. The summed E-state index contributed by atoms with van der Waals surface area (Å²) in [7, 11) is 0. The topological polar surface area (TPSA) is 23.6 Å². The Morgan fingerprint density at radius 1 is 0.667 bits per heavy atom. The smallest absolute Gasteiger partial charge is 0.162 e. The highest BCUT2D eigenvalue weighted by atomic mass is 16.1. The minimum Gasteiger partial charge on any atom is -0.336 e. The molecule has 0 radical (unpaired) electrons. The normalized spacial score (nSPS) is 12.7. The number of nitrogens with zero attached hydrogens (tertiary/aromatic N) is 2. The molecular formula is C36H30N2O. The minimum atomic E-state index is 0.0585. The fraction of sp³-hybridized carbons (Fsp3) is 0.0833. The van der Waals surface area contributed by atoms with E-state index in [-0.39, 0.29) is 5.78 Å². The zero-order valence-electron chi connectivity index (χ0n) is 22.2. The SMILES string of the molecule is CC(=O)C1=C(c2ccc(C)cc2)N(c2ccccc2)Cc2cc(N(c3ccccc3)c3ccccc3)ccc21. The average molecular weight is 507 g/mol. The Labute approximate surface area is 230 Å². The van der Waals surface area contributed by atoms with Crippen LogP contribution in [0, 0.1) is 6.92 Å². The number of fused-ring (bicyclic) bond motifs is 1. The van der Waals surface area contributed by atoms with E-state index in [2.05, 4.69) is 120 Å². The van der Waals surface area contributed by atoms with Crippen LogP contribution in [0.4, 0.5) is 22.7 Å². The number of carbonyl (C=O) groups excluding carboxylic acids is 1. The molecule has 190 valence electrons. The molecule has 1 aliphatic rings. The van der Waals surface area contributed by atoms with E-state index in [1.807, 2.05) is 30.3 Å². The number of Topliss-reactive ketones (excluding diaryl/α,β-unsaturated/α-hetero) is 1. The van der Waals surface area contributed by atoms with Gasteiger partial charge in [-0.25, -0.2) is 0 Å². The number of hydrogen-bond donors (Lipinski definition) is 0. The van der Waals surface area contributed by atoms with Crippen molar-refractivity contribution in [2.24, 2.45) is 0 Å². The van der Waals surface area contributed by atoms with Gasteiger partial charge in [-0.15, -0.1) is 0 Å². The minimum absolute atomic E-state index is 0.0585. The highest BCUT2D eigenvalue weighted by Gasteiger charge is 2.30. The van der Waals surface area contributed by atoms with E-state index < -0.39 is 0 Å². The Balaban J connectivity index is 1.56. The number of rotatable bonds is 6. The second-order valence-corrected chi connectivity index (χ2v) is 9.92. The molecule has 39 heavy (non-hydrogen) atoms. The van der Waals surface area contributed by atoms with E-state index in [1.54, 1.807) is 6.92 Å². The zero-order valence-corrected chi connectivity index (χ0v) is 22.2. The third kappa shape index (κ3) is 4.75. The molecular weight excluding hydrogens is 476 g/mol. The van der Waals surface area contributed by atoms with Crippen molar-refractivity contribution in [3.05, 3.63) is 156 Å². The fourth-order valence-electron chi connectivity index (χ4n) is 5.40. The van der Waals surface area contributed by atoms with Gasteiger partial charge in [-0.1, -0.05) is 90.5 Å². The monoisotopic (exact) mass is 506 g/mol. The molecule has 6 rings (SSSR count). The molecule has 5 aromatic carbocycles. The maximum atomic E-state index is 13.4. The summed E-state index contributed by atoms with van der Waals surface area (Å²) in [4.78, 5) is 17.9. The number of hydrogen-bond acceptors (Lipinski definition) is 3. The first-order valence-electron chi connectivity index (χ1n) is 13.3. The third-order valence-corrected chi connectivity index (χ3v) is 7.23. The lowest BCUT2D eigenvalue weighted by atomic mass is 9.87. The number of anilines is 4. The molecule has 0 aliphatic carbocycles. The van der Waals surface area contributed by atoms with E-state index in [1.165, 1.54) is 5.56 Å². The number of aryl methyl sites for hydroxylation is 1. The van der Waals surface area contributed by atoms with Crippen molar-refractivity contribution < 1.29 is 4.79 Å². The number of benzene rings is 5. The van der Waals surface area contributed by atoms with Crippen LogP contribution in [-0.2, 0) is 11.3 Å². The van der Waals surface area contributed by atoms with Gasteiger partial charge in [-0.2, -0.15) is 0 Å². The van der Waals surface area contributed by atoms with Crippen LogP contribution in [0.15, 0.2) is 133 Å². The first kappa shape index (κ1) is 24.4. The molecule has 0 bridgehead atoms. The highest BCUT2D eigenvalue weighted by Crippen LogP contribution is 2.43. The molecule has 0 atom stereocenters. The highest BCUT2D eigenvalue weighted by molar-refractivity contribution is 6.29. The molecule has 1 aliphatic heterocycles. The molecule has 1 heterocycles. The van der Waals surface area contributed by atoms with Crippen LogP contribution < -0.4 is 9.80 Å². The summed E-state index contributed by atoms with van der Waals surface area (Å²) in [5, 5.41) is 0. The first-order chi connectivity index (χ1) is 19.1. The molecule has 3 heteroatoms. The lowest BCUT2D eigenvalue weighted by Crippen LogP contribution is -2.28. The standard InChI is InChI=1S/C36H30N2O/c1-26-18-20-28(21-19-26)36-35(27(2)39)34-23-22-33(24-29(34)25-37(36)30-12-6-3-7-13-30)38(31-14-8-4-9-15-31)32-16-10-5-11-17-32/h3-24H,25H2,1-2H3. The van der Waals surface area contributed by atoms with Crippen molar-refractivity contribution in [2.45, 2.75) is 20.4 Å². The van der Waals surface area contributed by atoms with Crippen molar-refractivity contribution in [3.8, 4) is 0 Å².